The number of aromatic nitrogens is 6. The van der Waals surface area contributed by atoms with Gasteiger partial charge in [-0.1, -0.05) is 485 Å². The minimum atomic E-state index is -0.263. The van der Waals surface area contributed by atoms with Gasteiger partial charge in [0.15, 0.2) is 29.1 Å². The molecule has 0 saturated heterocycles. The molecule has 0 atom stereocenters. The fraction of sp³-hybridized carbons (Fsp3) is 0.0806. The average Bonchev–Trinajstić information content (AvgIpc) is 1.51. The first-order chi connectivity index (χ1) is 63.8. The number of nitrogens with zero attached hydrogens (tertiary/aromatic N) is 6. The lowest BCUT2D eigenvalue weighted by atomic mass is 9.67. The summed E-state index contributed by atoms with van der Waals surface area (Å²) in [5.41, 5.74) is 41.8. The Morgan fingerprint density at radius 2 is 0.385 bits per heavy atom. The van der Waals surface area contributed by atoms with E-state index in [0.29, 0.717) is 34.9 Å². The lowest BCUT2D eigenvalue weighted by Gasteiger charge is -2.34. The standard InChI is InChI=1S/2C28H21N3.C26H18.C26H20.C16H16/c1-20-9-8-14-25(19-20)28-30-26(23-12-6-3-7-13-23)29-27(31-28)24-17-15-22(16-18-24)21-10-4-2-5-11-21;1-20-29-27(25-16-12-23(13-17-25)21-8-4-2-5-9-21)31-28(30-20)26-18-14-24(15-19-26)22-10-6-3-7-11-22;1-17-14-15-21-20-10-4-7-13-24(20)26(25(21)16-17)22-11-5-2-8-18(22)19-9-3-6-12-23(19)26;1-19-16-17-23-22-14-8-9-15-24(22)26(25(23)18-19,20-10-4-2-5-11-20)21-12-6-3-7-13-21;1-11-8-9-13-12-6-4-5-7-14(12)16(2,3)15(13)10-11/h2*2-19H,1H3;2-16H,1H3;2-18H,1H3;4-10H,1-3H3. The zero-order valence-corrected chi connectivity index (χ0v) is 74.0. The van der Waals surface area contributed by atoms with Crippen molar-refractivity contribution in [3.05, 3.63) is 539 Å². The van der Waals surface area contributed by atoms with E-state index >= 15 is 0 Å². The quantitative estimate of drug-likeness (QED) is 0.136. The van der Waals surface area contributed by atoms with Crippen LogP contribution in [0.5, 0.6) is 0 Å². The third-order valence-corrected chi connectivity index (χ3v) is 25.9. The van der Waals surface area contributed by atoms with Gasteiger partial charge in [0.1, 0.15) is 5.82 Å². The average molecular weight is 1670 g/mol. The molecule has 0 saturated carbocycles. The van der Waals surface area contributed by atoms with Crippen LogP contribution in [0.4, 0.5) is 0 Å². The summed E-state index contributed by atoms with van der Waals surface area (Å²) in [7, 11) is 0. The van der Waals surface area contributed by atoms with Crippen LogP contribution in [0.25, 0.3) is 135 Å². The third kappa shape index (κ3) is 15.5. The second-order valence-electron chi connectivity index (χ2n) is 34.6. The smallest absolute Gasteiger partial charge is 0.164 e. The number of benzene rings is 18. The summed E-state index contributed by atoms with van der Waals surface area (Å²) in [5.74, 6) is 4.11. The first kappa shape index (κ1) is 82.3. The van der Waals surface area contributed by atoms with Gasteiger partial charge in [-0.15, -0.1) is 0 Å². The number of aryl methyl sites for hydroxylation is 5. The van der Waals surface area contributed by atoms with Gasteiger partial charge in [-0.25, -0.2) is 29.9 Å². The lowest BCUT2D eigenvalue weighted by Crippen LogP contribution is -2.28. The fourth-order valence-corrected chi connectivity index (χ4v) is 19.8. The monoisotopic (exact) mass is 1670 g/mol. The first-order valence-corrected chi connectivity index (χ1v) is 44.8. The molecular formula is C124H96N6. The molecule has 0 amide bonds. The van der Waals surface area contributed by atoms with Gasteiger partial charge in [0.2, 0.25) is 0 Å². The van der Waals surface area contributed by atoms with E-state index in [1.807, 2.05) is 91.9 Å². The molecule has 0 fully saturated rings. The van der Waals surface area contributed by atoms with Gasteiger partial charge in [-0.05, 0) is 174 Å². The van der Waals surface area contributed by atoms with Crippen molar-refractivity contribution in [2.45, 2.75) is 64.7 Å². The highest BCUT2D eigenvalue weighted by Gasteiger charge is 2.52. The highest BCUT2D eigenvalue weighted by molar-refractivity contribution is 5.95. The van der Waals surface area contributed by atoms with Crippen LogP contribution in [-0.4, -0.2) is 29.9 Å². The van der Waals surface area contributed by atoms with Crippen LogP contribution in [0.3, 0.4) is 0 Å². The maximum atomic E-state index is 4.82. The summed E-state index contributed by atoms with van der Waals surface area (Å²) in [6.45, 7) is 15.2. The summed E-state index contributed by atoms with van der Waals surface area (Å²) in [4.78, 5) is 28.3. The van der Waals surface area contributed by atoms with Crippen LogP contribution in [0.2, 0.25) is 0 Å². The van der Waals surface area contributed by atoms with Crippen molar-refractivity contribution in [3.8, 4) is 135 Å². The lowest BCUT2D eigenvalue weighted by molar-refractivity contribution is 0.660. The summed E-state index contributed by atoms with van der Waals surface area (Å²) in [6, 6.07) is 161. The predicted octanol–water partition coefficient (Wildman–Crippen LogP) is 30.7. The van der Waals surface area contributed by atoms with E-state index in [4.69, 9.17) is 19.9 Å². The highest BCUT2D eigenvalue weighted by Crippen LogP contribution is 2.63. The van der Waals surface area contributed by atoms with Gasteiger partial charge in [0, 0.05) is 33.2 Å². The van der Waals surface area contributed by atoms with Crippen molar-refractivity contribution in [2.75, 3.05) is 0 Å². The van der Waals surface area contributed by atoms with Crippen molar-refractivity contribution in [2.24, 2.45) is 0 Å². The molecule has 18 aromatic carbocycles. The maximum Gasteiger partial charge on any atom is 0.164 e. The van der Waals surface area contributed by atoms with E-state index < -0.39 is 0 Å². The molecule has 130 heavy (non-hydrogen) atoms. The number of rotatable bonds is 10. The Kier molecular flexibility index (Phi) is 22.4. The predicted molar refractivity (Wildman–Crippen MR) is 537 cm³/mol. The highest BCUT2D eigenvalue weighted by atomic mass is 15.0. The molecule has 4 aliphatic carbocycles. The second kappa shape index (κ2) is 35.4. The summed E-state index contributed by atoms with van der Waals surface area (Å²) < 4.78 is 0. The van der Waals surface area contributed by atoms with E-state index in [2.05, 4.69) is 422 Å². The van der Waals surface area contributed by atoms with Crippen molar-refractivity contribution in [1.29, 1.82) is 0 Å². The molecule has 0 unspecified atom stereocenters. The van der Waals surface area contributed by atoms with Crippen molar-refractivity contribution < 1.29 is 0 Å². The van der Waals surface area contributed by atoms with Gasteiger partial charge < -0.3 is 0 Å². The topological polar surface area (TPSA) is 77.3 Å². The largest absolute Gasteiger partial charge is 0.213 e. The molecule has 0 N–H and O–H groups in total. The minimum absolute atomic E-state index is 0.151. The van der Waals surface area contributed by atoms with Crippen LogP contribution in [0, 0.1) is 34.6 Å². The van der Waals surface area contributed by atoms with E-state index in [0.717, 1.165) is 27.8 Å². The molecule has 6 heteroatoms. The van der Waals surface area contributed by atoms with E-state index in [1.54, 1.807) is 0 Å². The third-order valence-electron chi connectivity index (χ3n) is 25.9. The molecule has 622 valence electrons. The van der Waals surface area contributed by atoms with Crippen LogP contribution in [-0.2, 0) is 16.2 Å². The van der Waals surface area contributed by atoms with Gasteiger partial charge in [-0.2, -0.15) is 0 Å². The van der Waals surface area contributed by atoms with Gasteiger partial charge >= 0.3 is 0 Å². The molecule has 2 aromatic heterocycles. The Morgan fingerprint density at radius 1 is 0.154 bits per heavy atom. The molecule has 0 bridgehead atoms. The molecule has 0 aliphatic heterocycles. The van der Waals surface area contributed by atoms with Gasteiger partial charge in [0.05, 0.1) is 10.8 Å². The molecule has 4 aliphatic rings. The number of fused-ring (bicyclic) bond motifs is 16. The van der Waals surface area contributed by atoms with E-state index in [1.165, 1.54) is 156 Å². The molecule has 1 spiro atoms. The summed E-state index contributed by atoms with van der Waals surface area (Å²) in [6.07, 6.45) is 0. The zero-order chi connectivity index (χ0) is 88.3. The second-order valence-corrected chi connectivity index (χ2v) is 34.6. The Labute approximate surface area is 762 Å². The maximum absolute atomic E-state index is 4.82. The van der Waals surface area contributed by atoms with Crippen molar-refractivity contribution in [3.63, 3.8) is 0 Å². The Balaban J connectivity index is 0.000000103. The Hall–Kier alpha value is -16.0. The molecular weight excluding hydrogens is 1570 g/mol. The summed E-state index contributed by atoms with van der Waals surface area (Å²) >= 11 is 0. The Morgan fingerprint density at radius 3 is 0.746 bits per heavy atom. The Bertz CT molecular complexity index is 7200. The summed E-state index contributed by atoms with van der Waals surface area (Å²) in [5, 5.41) is 0. The number of hydrogen-bond donors (Lipinski definition) is 0. The fourth-order valence-electron chi connectivity index (χ4n) is 19.8. The SMILES string of the molecule is Cc1ccc2c(c1)C(C)(C)c1ccccc1-2.Cc1ccc2c(c1)C(c1ccccc1)(c1ccccc1)c1ccccc1-2.Cc1ccc2c(c1)C1(c3ccccc3-c3ccccc31)c1ccccc1-2.Cc1cccc(-c2nc(-c3ccccc3)nc(-c3ccc(-c4ccccc4)cc3)n2)c1.Cc1nc(-c2ccc(-c3ccccc3)cc2)nc(-c2ccc(-c3ccccc3)cc2)n1. The van der Waals surface area contributed by atoms with Crippen LogP contribution < -0.4 is 0 Å². The van der Waals surface area contributed by atoms with E-state index in [9.17, 15) is 0 Å². The van der Waals surface area contributed by atoms with Crippen LogP contribution in [0.15, 0.2) is 455 Å². The van der Waals surface area contributed by atoms with Crippen molar-refractivity contribution in [1.82, 2.24) is 29.9 Å². The minimum Gasteiger partial charge on any atom is -0.213 e. The van der Waals surface area contributed by atoms with Crippen LogP contribution in [0.1, 0.15) is 97.6 Å². The molecule has 20 aromatic rings. The molecule has 0 radical (unpaired) electrons. The molecule has 2 heterocycles. The zero-order valence-electron chi connectivity index (χ0n) is 74.0. The van der Waals surface area contributed by atoms with E-state index in [-0.39, 0.29) is 16.2 Å². The number of hydrogen-bond acceptors (Lipinski definition) is 6. The normalized spacial score (nSPS) is 12.8. The van der Waals surface area contributed by atoms with Gasteiger partial charge in [-0.3, -0.25) is 0 Å². The molecule has 24 rings (SSSR count). The van der Waals surface area contributed by atoms with Gasteiger partial charge in [0.25, 0.3) is 0 Å². The van der Waals surface area contributed by atoms with Crippen LogP contribution >= 0.6 is 0 Å². The molecule has 6 nitrogen and oxygen atoms in total. The first-order valence-electron chi connectivity index (χ1n) is 44.8. The van der Waals surface area contributed by atoms with Crippen molar-refractivity contribution >= 4 is 0 Å².